The van der Waals surface area contributed by atoms with Crippen LogP contribution in [0.4, 0.5) is 14.6 Å². The molecule has 0 radical (unpaired) electrons. The fourth-order valence-electron chi connectivity index (χ4n) is 3.44. The summed E-state index contributed by atoms with van der Waals surface area (Å²) in [5.41, 5.74) is 1.43. The molecule has 2 atom stereocenters. The molecule has 1 aromatic carbocycles. The van der Waals surface area contributed by atoms with Crippen molar-refractivity contribution in [2.45, 2.75) is 25.4 Å². The van der Waals surface area contributed by atoms with Crippen molar-refractivity contribution in [3.8, 4) is 0 Å². The van der Waals surface area contributed by atoms with E-state index in [2.05, 4.69) is 25.4 Å². The summed E-state index contributed by atoms with van der Waals surface area (Å²) in [6.07, 6.45) is 0.871. The fraction of sp³-hybridized carbons (Fsp3) is 0.353. The van der Waals surface area contributed by atoms with Gasteiger partial charge in [0.05, 0.1) is 6.04 Å². The maximum atomic E-state index is 13.6. The lowest BCUT2D eigenvalue weighted by Gasteiger charge is -2.26. The zero-order chi connectivity index (χ0) is 17.6. The normalized spacial score (nSPS) is 21.1. The predicted octanol–water partition coefficient (Wildman–Crippen LogP) is 2.57. The van der Waals surface area contributed by atoms with Crippen LogP contribution in [0.1, 0.15) is 23.9 Å². The molecule has 1 fully saturated rings. The maximum Gasteiger partial charge on any atom is 0.176 e. The molecule has 1 saturated heterocycles. The summed E-state index contributed by atoms with van der Waals surface area (Å²) in [4.78, 5) is 6.38. The van der Waals surface area contributed by atoms with Gasteiger partial charge in [0.15, 0.2) is 17.3 Å². The molecule has 130 valence electrons. The van der Waals surface area contributed by atoms with Crippen LogP contribution in [-0.4, -0.2) is 44.3 Å². The van der Waals surface area contributed by atoms with Gasteiger partial charge >= 0.3 is 0 Å². The largest absolute Gasteiger partial charge is 0.364 e. The number of likely N-dealkylation sites (tertiary alicyclic amines) is 1. The highest BCUT2D eigenvalue weighted by atomic mass is 19.2. The second-order valence-corrected chi connectivity index (χ2v) is 6.36. The predicted molar refractivity (Wildman–Crippen MR) is 89.3 cm³/mol. The van der Waals surface area contributed by atoms with Crippen LogP contribution in [0.2, 0.25) is 0 Å². The van der Waals surface area contributed by atoms with E-state index in [4.69, 9.17) is 0 Å². The van der Waals surface area contributed by atoms with Crippen LogP contribution < -0.4 is 5.32 Å². The third-order valence-electron chi connectivity index (χ3n) is 4.58. The summed E-state index contributed by atoms with van der Waals surface area (Å²) in [7, 11) is 1.98. The third kappa shape index (κ3) is 2.93. The van der Waals surface area contributed by atoms with Gasteiger partial charge < -0.3 is 5.32 Å². The van der Waals surface area contributed by atoms with E-state index in [1.54, 1.807) is 6.07 Å². The van der Waals surface area contributed by atoms with Gasteiger partial charge in [-0.15, -0.1) is 14.8 Å². The Morgan fingerprint density at radius 3 is 2.76 bits per heavy atom. The molecule has 0 saturated carbocycles. The number of fused-ring (bicyclic) bond motifs is 1. The van der Waals surface area contributed by atoms with Crippen molar-refractivity contribution in [1.29, 1.82) is 0 Å². The van der Waals surface area contributed by atoms with Crippen LogP contribution in [0.15, 0.2) is 30.3 Å². The van der Waals surface area contributed by atoms with Crippen LogP contribution in [-0.2, 0) is 0 Å². The molecule has 3 heterocycles. The number of anilines is 1. The second kappa shape index (κ2) is 6.03. The first-order chi connectivity index (χ1) is 12.0. The average molecular weight is 344 g/mol. The molecule has 0 spiro atoms. The molecule has 3 aromatic rings. The summed E-state index contributed by atoms with van der Waals surface area (Å²) in [5.74, 6) is -0.327. The first kappa shape index (κ1) is 15.9. The van der Waals surface area contributed by atoms with Gasteiger partial charge in [0.25, 0.3) is 0 Å². The van der Waals surface area contributed by atoms with Crippen LogP contribution in [0.3, 0.4) is 0 Å². The van der Waals surface area contributed by atoms with Crippen molar-refractivity contribution in [1.82, 2.24) is 24.7 Å². The number of rotatable bonds is 3. The Morgan fingerprint density at radius 2 is 1.96 bits per heavy atom. The van der Waals surface area contributed by atoms with E-state index >= 15 is 0 Å². The molecule has 0 aliphatic carbocycles. The number of hydrogen-bond donors (Lipinski definition) is 1. The molecular weight excluding hydrogens is 326 g/mol. The fourth-order valence-corrected chi connectivity index (χ4v) is 3.44. The van der Waals surface area contributed by atoms with Gasteiger partial charge in [0.2, 0.25) is 0 Å². The standard InChI is InChI=1S/C17H18F2N6/c1-10-20-16-6-5-15(23-25(16)22-10)21-14-7-8-24(2)17(14)11-3-4-12(18)13(19)9-11/h3-6,9,14,17H,7-8H2,1-2H3,(H,21,23). The van der Waals surface area contributed by atoms with Gasteiger partial charge in [-0.3, -0.25) is 4.90 Å². The van der Waals surface area contributed by atoms with Crippen LogP contribution in [0, 0.1) is 18.6 Å². The van der Waals surface area contributed by atoms with Crippen LogP contribution in [0.25, 0.3) is 5.65 Å². The Morgan fingerprint density at radius 1 is 1.12 bits per heavy atom. The zero-order valence-electron chi connectivity index (χ0n) is 13.9. The Balaban J connectivity index is 1.62. The highest BCUT2D eigenvalue weighted by Crippen LogP contribution is 2.33. The summed E-state index contributed by atoms with van der Waals surface area (Å²) in [6.45, 7) is 2.67. The summed E-state index contributed by atoms with van der Waals surface area (Å²) < 4.78 is 28.4. The first-order valence-electron chi connectivity index (χ1n) is 8.14. The van der Waals surface area contributed by atoms with Gasteiger partial charge in [0, 0.05) is 12.6 Å². The zero-order valence-corrected chi connectivity index (χ0v) is 13.9. The molecule has 1 aliphatic rings. The van der Waals surface area contributed by atoms with Crippen molar-refractivity contribution in [2.75, 3.05) is 18.9 Å². The molecule has 4 rings (SSSR count). The lowest BCUT2D eigenvalue weighted by molar-refractivity contribution is 0.307. The van der Waals surface area contributed by atoms with Crippen molar-refractivity contribution < 1.29 is 8.78 Å². The number of likely N-dealkylation sites (N-methyl/N-ethyl adjacent to an activating group) is 1. The van der Waals surface area contributed by atoms with Crippen LogP contribution >= 0.6 is 0 Å². The summed E-state index contributed by atoms with van der Waals surface area (Å²) in [6, 6.07) is 7.75. The smallest absolute Gasteiger partial charge is 0.176 e. The van der Waals surface area contributed by atoms with Crippen molar-refractivity contribution >= 4 is 11.5 Å². The van der Waals surface area contributed by atoms with Crippen molar-refractivity contribution in [2.24, 2.45) is 0 Å². The Hall–Kier alpha value is -2.61. The second-order valence-electron chi connectivity index (χ2n) is 6.36. The van der Waals surface area contributed by atoms with E-state index < -0.39 is 11.6 Å². The highest BCUT2D eigenvalue weighted by Gasteiger charge is 2.33. The summed E-state index contributed by atoms with van der Waals surface area (Å²) >= 11 is 0. The van der Waals surface area contributed by atoms with E-state index in [-0.39, 0.29) is 12.1 Å². The number of aromatic nitrogens is 4. The quantitative estimate of drug-likeness (QED) is 0.791. The minimum absolute atomic E-state index is 0.0319. The molecule has 1 aliphatic heterocycles. The Bertz CT molecular complexity index is 925. The number of halogens is 2. The van der Waals surface area contributed by atoms with Gasteiger partial charge in [-0.2, -0.15) is 0 Å². The molecule has 25 heavy (non-hydrogen) atoms. The third-order valence-corrected chi connectivity index (χ3v) is 4.58. The minimum atomic E-state index is -0.831. The monoisotopic (exact) mass is 344 g/mol. The number of hydrogen-bond acceptors (Lipinski definition) is 5. The number of aryl methyl sites for hydroxylation is 1. The van der Waals surface area contributed by atoms with E-state index in [0.29, 0.717) is 17.3 Å². The topological polar surface area (TPSA) is 58.4 Å². The van der Waals surface area contributed by atoms with Gasteiger partial charge in [-0.05, 0) is 50.2 Å². The molecule has 0 amide bonds. The van der Waals surface area contributed by atoms with E-state index in [9.17, 15) is 8.78 Å². The van der Waals surface area contributed by atoms with Gasteiger partial charge in [-0.1, -0.05) is 6.07 Å². The Labute approximate surface area is 143 Å². The maximum absolute atomic E-state index is 13.6. The molecule has 2 aromatic heterocycles. The number of nitrogens with one attached hydrogen (secondary N) is 1. The van der Waals surface area contributed by atoms with Crippen molar-refractivity contribution in [3.63, 3.8) is 0 Å². The van der Waals surface area contributed by atoms with E-state index in [1.807, 2.05) is 26.1 Å². The van der Waals surface area contributed by atoms with E-state index in [0.717, 1.165) is 18.5 Å². The van der Waals surface area contributed by atoms with E-state index in [1.165, 1.54) is 16.8 Å². The Kier molecular flexibility index (Phi) is 3.84. The van der Waals surface area contributed by atoms with Gasteiger partial charge in [-0.25, -0.2) is 13.8 Å². The highest BCUT2D eigenvalue weighted by molar-refractivity contribution is 5.44. The SMILES string of the molecule is Cc1nc2ccc(NC3CCN(C)C3c3ccc(F)c(F)c3)nn2n1. The van der Waals surface area contributed by atoms with Gasteiger partial charge in [0.1, 0.15) is 11.6 Å². The van der Waals surface area contributed by atoms with Crippen LogP contribution in [0.5, 0.6) is 0 Å². The average Bonchev–Trinajstić information content (AvgIpc) is 3.12. The molecule has 6 nitrogen and oxygen atoms in total. The number of nitrogens with zero attached hydrogens (tertiary/aromatic N) is 5. The minimum Gasteiger partial charge on any atom is -0.364 e. The first-order valence-corrected chi connectivity index (χ1v) is 8.14. The molecular formula is C17H18F2N6. The lowest BCUT2D eigenvalue weighted by atomic mass is 10.00. The molecule has 2 unspecified atom stereocenters. The summed E-state index contributed by atoms with van der Waals surface area (Å²) in [5, 5.41) is 12.0. The molecule has 8 heteroatoms. The molecule has 0 bridgehead atoms. The molecule has 1 N–H and O–H groups in total. The lowest BCUT2D eigenvalue weighted by Crippen LogP contribution is -2.29. The number of benzene rings is 1. The van der Waals surface area contributed by atoms with Crippen molar-refractivity contribution in [3.05, 3.63) is 53.4 Å².